The number of carbonyl (C=O) groups excluding carboxylic acids is 4. The maximum absolute atomic E-state index is 12.1. The lowest BCUT2D eigenvalue weighted by atomic mass is 10.2. The fraction of sp³-hybridized carbons (Fsp3) is 0.500. The Morgan fingerprint density at radius 3 is 1.41 bits per heavy atom. The fourth-order valence-electron chi connectivity index (χ4n) is 5.79. The van der Waals surface area contributed by atoms with E-state index in [0.717, 1.165) is 28.5 Å². The maximum Gasteiger partial charge on any atom is 0.330 e. The molecule has 3 aliphatic heterocycles. The van der Waals surface area contributed by atoms with Crippen LogP contribution >= 0.6 is 46.9 Å². The van der Waals surface area contributed by atoms with E-state index in [2.05, 4.69) is 60.1 Å². The summed E-state index contributed by atoms with van der Waals surface area (Å²) in [7, 11) is -35.5. The van der Waals surface area contributed by atoms with Gasteiger partial charge in [-0.25, -0.2) is 31.6 Å². The molecule has 436 valence electrons. The van der Waals surface area contributed by atoms with Crippen molar-refractivity contribution in [2.75, 3.05) is 26.3 Å². The van der Waals surface area contributed by atoms with Gasteiger partial charge in [0.05, 0.1) is 38.5 Å². The number of rotatable bonds is 18. The monoisotopic (exact) mass is 1240 g/mol. The van der Waals surface area contributed by atoms with E-state index < -0.39 is 137 Å². The molecule has 46 heteroatoms. The zero-order valence-corrected chi connectivity index (χ0v) is 44.4. The van der Waals surface area contributed by atoms with Crippen molar-refractivity contribution in [1.29, 1.82) is 0 Å². The summed E-state index contributed by atoms with van der Waals surface area (Å²) in [5.41, 5.74) is 1.33. The fourth-order valence-corrected chi connectivity index (χ4v) is 11.6. The van der Waals surface area contributed by atoms with E-state index in [1.165, 1.54) is 6.92 Å². The molecule has 8 unspecified atom stereocenters. The number of aliphatic hydroxyl groups excluding tert-OH is 2. The third-order valence-electron chi connectivity index (χ3n) is 8.76. The summed E-state index contributed by atoms with van der Waals surface area (Å²) in [5.74, 6) is 7.82. The maximum atomic E-state index is 12.1. The Labute approximate surface area is 433 Å². The van der Waals surface area contributed by atoms with Gasteiger partial charge in [-0.3, -0.25) is 70.5 Å². The highest BCUT2D eigenvalue weighted by Crippen LogP contribution is 2.62. The molecule has 3 amide bonds. The van der Waals surface area contributed by atoms with Crippen LogP contribution in [0.15, 0.2) is 31.6 Å². The van der Waals surface area contributed by atoms with Gasteiger partial charge < -0.3 is 83.8 Å². The molecule has 0 aromatic carbocycles. The van der Waals surface area contributed by atoms with Crippen molar-refractivity contribution >= 4 is 70.6 Å². The van der Waals surface area contributed by atoms with Crippen LogP contribution < -0.4 is 62.9 Å². The predicted octanol–water partition coefficient (Wildman–Crippen LogP) is -8.32. The highest BCUT2D eigenvalue weighted by molar-refractivity contribution is 7.65. The molecule has 3 saturated heterocycles. The number of phosphoric ester groups is 2. The zero-order valence-electron chi connectivity index (χ0n) is 39.0. The summed E-state index contributed by atoms with van der Waals surface area (Å²) >= 11 is 0. The molecule has 0 saturated carbocycles. The number of nitrogens with zero attached hydrogens (tertiary/aromatic N) is 3. The van der Waals surface area contributed by atoms with Crippen LogP contribution in [0.1, 0.15) is 63.1 Å². The van der Waals surface area contributed by atoms with Crippen LogP contribution in [-0.2, 0) is 87.2 Å². The quantitative estimate of drug-likeness (QED) is 0.0390. The second-order valence-electron chi connectivity index (χ2n) is 14.8. The van der Waals surface area contributed by atoms with Crippen LogP contribution in [0.4, 0.5) is 0 Å². The number of nitrogens with two attached hydrogens (primary N) is 1. The molecule has 2 aromatic rings. The largest absolute Gasteiger partial charge is 0.756 e. The van der Waals surface area contributed by atoms with E-state index in [-0.39, 0.29) is 55.8 Å². The Hall–Kier alpha value is -4.82. The summed E-state index contributed by atoms with van der Waals surface area (Å²) in [5, 5.41) is 23.0. The lowest BCUT2D eigenvalue weighted by Gasteiger charge is -2.33. The average molecular weight is 1240 g/mol. The van der Waals surface area contributed by atoms with Gasteiger partial charge in [-0.15, -0.1) is 5.06 Å². The summed E-state index contributed by atoms with van der Waals surface area (Å²) in [6, 6.07) is 0. The first-order chi connectivity index (χ1) is 35.7. The zero-order chi connectivity index (χ0) is 59.4. The normalized spacial score (nSPS) is 24.4. The molecule has 5 rings (SSSR count). The number of carbonyl (C=O) groups is 4. The van der Waals surface area contributed by atoms with Crippen LogP contribution in [0.25, 0.3) is 0 Å². The van der Waals surface area contributed by atoms with E-state index in [4.69, 9.17) is 25.0 Å². The number of aliphatic hydroxyl groups is 2. The minimum atomic E-state index is -6.10. The van der Waals surface area contributed by atoms with Crippen LogP contribution in [0.3, 0.4) is 0 Å². The smallest absolute Gasteiger partial charge is 0.330 e. The van der Waals surface area contributed by atoms with Gasteiger partial charge in [0.1, 0.15) is 35.8 Å². The number of hydrogen-bond acceptors (Lipinski definition) is 32. The number of hydroxylamine groups is 2. The number of amides is 3. The molecule has 78 heavy (non-hydrogen) atoms. The first-order valence-electron chi connectivity index (χ1n) is 20.5. The van der Waals surface area contributed by atoms with Gasteiger partial charge in [0.25, 0.3) is 69.9 Å². The third kappa shape index (κ3) is 23.1. The number of phosphoric acid groups is 6. The molecule has 3 fully saturated rings. The van der Waals surface area contributed by atoms with Crippen LogP contribution in [-0.4, -0.2) is 119 Å². The second-order valence-corrected chi connectivity index (χ2v) is 23.4. The van der Waals surface area contributed by atoms with Gasteiger partial charge >= 0.3 is 17.3 Å². The molecular weight excluding hydrogens is 1200 g/mol. The van der Waals surface area contributed by atoms with Gasteiger partial charge in [0, 0.05) is 51.9 Å². The van der Waals surface area contributed by atoms with Crippen LogP contribution in [0, 0.1) is 23.7 Å². The first kappa shape index (κ1) is 67.5. The Bertz CT molecular complexity index is 3240. The number of aromatic amines is 2. The summed E-state index contributed by atoms with van der Waals surface area (Å²) < 4.78 is 100. The third-order valence-corrected chi connectivity index (χ3v) is 16.1. The van der Waals surface area contributed by atoms with Crippen molar-refractivity contribution in [2.45, 2.75) is 76.4 Å². The minimum absolute atomic E-state index is 0.0695. The lowest BCUT2D eigenvalue weighted by molar-refractivity contribution is -0.254. The molecule has 0 bridgehead atoms. The summed E-state index contributed by atoms with van der Waals surface area (Å²) in [4.78, 5) is 182. The number of ether oxygens (including phenoxy) is 2. The van der Waals surface area contributed by atoms with Crippen molar-refractivity contribution in [3.05, 3.63) is 65.2 Å². The molecule has 2 aromatic heterocycles. The number of hydrogen-bond donors (Lipinski definition) is 8. The van der Waals surface area contributed by atoms with Crippen molar-refractivity contribution in [1.82, 2.24) is 29.5 Å². The molecule has 40 nitrogen and oxygen atoms in total. The number of aromatic nitrogens is 4. The number of H-pyrrole nitrogens is 2. The summed E-state index contributed by atoms with van der Waals surface area (Å²) in [6.07, 6.45) is -6.51. The van der Waals surface area contributed by atoms with Gasteiger partial charge in [0.2, 0.25) is 5.91 Å². The Morgan fingerprint density at radius 2 is 1.06 bits per heavy atom. The van der Waals surface area contributed by atoms with Gasteiger partial charge in [-0.2, -0.15) is 0 Å². The van der Waals surface area contributed by atoms with E-state index in [1.807, 2.05) is 9.97 Å². The van der Waals surface area contributed by atoms with Gasteiger partial charge in [0.15, 0.2) is 0 Å². The van der Waals surface area contributed by atoms with E-state index >= 15 is 0 Å². The van der Waals surface area contributed by atoms with E-state index in [9.17, 15) is 105 Å². The van der Waals surface area contributed by atoms with Crippen LogP contribution in [0.5, 0.6) is 0 Å². The average Bonchev–Trinajstić information content (AvgIpc) is 3.92. The lowest BCUT2D eigenvalue weighted by Crippen LogP contribution is -2.34. The molecule has 0 aliphatic carbocycles. The molecule has 5 heterocycles. The Kier molecular flexibility index (Phi) is 24.3. The van der Waals surface area contributed by atoms with Crippen molar-refractivity contribution in [3.63, 3.8) is 0 Å². The van der Waals surface area contributed by atoms with Gasteiger partial charge in [-0.1, -0.05) is 23.7 Å². The van der Waals surface area contributed by atoms with Crippen LogP contribution in [0.2, 0.25) is 0 Å². The number of imide groups is 1. The molecule has 9 N–H and O–H groups in total. The van der Waals surface area contributed by atoms with E-state index in [1.54, 1.807) is 0 Å². The predicted molar refractivity (Wildman–Crippen MR) is 232 cm³/mol. The standard InChI is InChI=1S/C14H20N3O15P3.C12H18N3O14P3.C6H7NO4/c1-8(18)15-4-2-3-9-6-17(14(21)16-13(9)20)12-5-10(19)11(30-12)7-29-34(25,26)32-35(27,28)31-33(22,23)24;13-3-1-2-7-5-15(12(18)14-11(7)17)10-4-8(16)9(27-10)6-26-31(22,23)29-32(24,25)28-30(19,20)21;1-4(8)11-7-5(9)2-3-6(7)10/h6,10-12,19H,4-5,7H2,1H3,(H,15,18)(H,25,26)(H,27,28)(H,16,20,21)(H2,22,23,24);5,8-10,16H,3-4,6,13H2,(H,22,23)(H,24,25)(H,14,17,18)(H2,19,20,21);2-3H2,1H3/p-6/t10?,11-,12-;8?,9-,10-;/m11./s1. The molecular formula is C32H39N7O33P6-6. The topological polar surface area (TPSA) is 624 Å². The SMILES string of the molecule is CC(=O)NCC#Cc1cn([C@H]2CC(O)[C@@H](COP(=O)([O-])OP(=O)([O-])OP(=O)([O-])O)O2)c(=O)[nH]c1=O.CC(=O)ON1C(=O)CCC1=O.NCC#Cc1cn([C@H]2CC(O)[C@@H](COP(=O)([O-])OP(=O)([O-])OP(=O)([O-])O)O2)c(=O)[nH]c1=O. The molecule has 0 spiro atoms. The highest BCUT2D eigenvalue weighted by Gasteiger charge is 2.39. The molecule has 3 aliphatic rings. The number of nitrogens with one attached hydrogen (secondary N) is 3. The second kappa shape index (κ2) is 28.1. The highest BCUT2D eigenvalue weighted by atomic mass is 31.3. The molecule has 0 radical (unpaired) electrons. The van der Waals surface area contributed by atoms with E-state index in [0.29, 0.717) is 5.06 Å². The summed E-state index contributed by atoms with van der Waals surface area (Å²) in [6.45, 7) is 0.162. The first-order valence-corrected chi connectivity index (χ1v) is 29.4. The van der Waals surface area contributed by atoms with Gasteiger partial charge in [-0.05, 0) is 0 Å². The minimum Gasteiger partial charge on any atom is -0.756 e. The Balaban J connectivity index is 0.000000344. The Morgan fingerprint density at radius 1 is 0.679 bits per heavy atom. The van der Waals surface area contributed by atoms with Crippen molar-refractivity contribution < 1.29 is 137 Å². The van der Waals surface area contributed by atoms with Crippen molar-refractivity contribution in [2.24, 2.45) is 5.73 Å². The molecule has 12 atom stereocenters. The van der Waals surface area contributed by atoms with Crippen molar-refractivity contribution in [3.8, 4) is 23.7 Å².